The van der Waals surface area contributed by atoms with Gasteiger partial charge in [-0.05, 0) is 62.4 Å². The van der Waals surface area contributed by atoms with Gasteiger partial charge in [-0.1, -0.05) is 36.7 Å². The van der Waals surface area contributed by atoms with Crippen LogP contribution in [0, 0.1) is 12.8 Å². The largest absolute Gasteiger partial charge is 0.504 e. The molecule has 2 amide bonds. The van der Waals surface area contributed by atoms with Crippen molar-refractivity contribution in [3.63, 3.8) is 0 Å². The van der Waals surface area contributed by atoms with Gasteiger partial charge in [0.2, 0.25) is 11.3 Å². The average Bonchev–Trinajstić information content (AvgIpc) is 3.65. The number of halogens is 4. The number of anilines is 1. The molecule has 1 saturated heterocycles. The number of amides is 2. The normalized spacial score (nSPS) is 18.6. The molecule has 258 valence electrons. The summed E-state index contributed by atoms with van der Waals surface area (Å²) in [5.74, 6) is -1.39. The molecule has 7 rings (SSSR count). The Morgan fingerprint density at radius 3 is 2.56 bits per heavy atom. The molecule has 2 atom stereocenters. The Morgan fingerprint density at radius 2 is 1.88 bits per heavy atom. The van der Waals surface area contributed by atoms with E-state index in [9.17, 15) is 32.7 Å². The molecule has 5 aromatic rings. The van der Waals surface area contributed by atoms with Crippen LogP contribution in [-0.4, -0.2) is 64.4 Å². The third-order valence-electron chi connectivity index (χ3n) is 9.60. The first kappa shape index (κ1) is 33.2. The summed E-state index contributed by atoms with van der Waals surface area (Å²) in [4.78, 5) is 52.2. The Bertz CT molecular complexity index is 2240. The molecule has 1 aliphatic heterocycles. The lowest BCUT2D eigenvalue weighted by molar-refractivity contribution is -0.137. The van der Waals surface area contributed by atoms with E-state index in [0.717, 1.165) is 18.2 Å². The van der Waals surface area contributed by atoms with Crippen LogP contribution in [0.1, 0.15) is 52.8 Å². The Kier molecular flexibility index (Phi) is 8.12. The van der Waals surface area contributed by atoms with Crippen molar-refractivity contribution in [2.45, 2.75) is 51.2 Å². The molecule has 1 aliphatic carbocycles. The molecule has 1 saturated carbocycles. The van der Waals surface area contributed by atoms with Crippen LogP contribution in [0.2, 0.25) is 5.02 Å². The first-order chi connectivity index (χ1) is 23.8. The minimum absolute atomic E-state index is 0.00373. The van der Waals surface area contributed by atoms with Crippen molar-refractivity contribution >= 4 is 40.3 Å². The fourth-order valence-corrected chi connectivity index (χ4v) is 7.23. The van der Waals surface area contributed by atoms with Crippen molar-refractivity contribution in [3.8, 4) is 11.4 Å². The molecule has 50 heavy (non-hydrogen) atoms. The minimum atomic E-state index is -4.61. The predicted molar refractivity (Wildman–Crippen MR) is 176 cm³/mol. The summed E-state index contributed by atoms with van der Waals surface area (Å²) in [6.07, 6.45) is -1.98. The van der Waals surface area contributed by atoms with E-state index in [1.165, 1.54) is 11.1 Å². The zero-order valence-electron chi connectivity index (χ0n) is 26.8. The molecule has 2 unspecified atom stereocenters. The van der Waals surface area contributed by atoms with E-state index in [4.69, 9.17) is 11.6 Å². The number of carbonyl (C=O) groups excluding carboxylic acids is 2. The average molecular weight is 707 g/mol. The van der Waals surface area contributed by atoms with Crippen LogP contribution >= 0.6 is 11.6 Å². The Balaban J connectivity index is 1.27. The van der Waals surface area contributed by atoms with E-state index in [1.807, 2.05) is 13.0 Å². The molecule has 0 radical (unpaired) electrons. The number of piperidine rings is 1. The second-order valence-corrected chi connectivity index (χ2v) is 13.0. The summed E-state index contributed by atoms with van der Waals surface area (Å²) < 4.78 is 41.3. The maximum absolute atomic E-state index is 14.4. The molecule has 4 heterocycles. The topological polar surface area (TPSA) is 148 Å². The van der Waals surface area contributed by atoms with Crippen LogP contribution in [0.5, 0.6) is 5.75 Å². The molecule has 12 nitrogen and oxygen atoms in total. The lowest BCUT2D eigenvalue weighted by Crippen LogP contribution is -2.42. The second-order valence-electron chi connectivity index (χ2n) is 12.5. The number of fused-ring (bicyclic) bond motifs is 2. The Morgan fingerprint density at radius 1 is 1.12 bits per heavy atom. The number of benzene rings is 2. The molecular formula is C34H30ClF3N8O4. The third-order valence-corrected chi connectivity index (χ3v) is 9.91. The van der Waals surface area contributed by atoms with Crippen molar-refractivity contribution < 1.29 is 27.9 Å². The predicted octanol–water partition coefficient (Wildman–Crippen LogP) is 5.06. The van der Waals surface area contributed by atoms with E-state index in [1.54, 1.807) is 40.7 Å². The molecule has 0 spiro atoms. The first-order valence-electron chi connectivity index (χ1n) is 15.9. The summed E-state index contributed by atoms with van der Waals surface area (Å²) in [6.45, 7) is 3.72. The van der Waals surface area contributed by atoms with Gasteiger partial charge in [-0.15, -0.1) is 15.0 Å². The lowest BCUT2D eigenvalue weighted by atomic mass is 9.84. The number of pyridine rings is 1. The zero-order chi connectivity index (χ0) is 35.5. The Hall–Kier alpha value is -5.31. The van der Waals surface area contributed by atoms with Crippen LogP contribution in [0.25, 0.3) is 16.9 Å². The highest BCUT2D eigenvalue weighted by atomic mass is 35.5. The number of hydrogen-bond acceptors (Lipinski definition) is 8. The summed E-state index contributed by atoms with van der Waals surface area (Å²) in [7, 11) is 0. The van der Waals surface area contributed by atoms with Crippen molar-refractivity contribution in [1.29, 1.82) is 0 Å². The van der Waals surface area contributed by atoms with Gasteiger partial charge >= 0.3 is 6.18 Å². The number of nitrogens with one attached hydrogen (secondary N) is 1. The molecular weight excluding hydrogens is 677 g/mol. The van der Waals surface area contributed by atoms with Gasteiger partial charge in [-0.25, -0.2) is 9.97 Å². The van der Waals surface area contributed by atoms with E-state index in [0.29, 0.717) is 49.3 Å². The highest BCUT2D eigenvalue weighted by Gasteiger charge is 2.60. The van der Waals surface area contributed by atoms with Gasteiger partial charge in [-0.2, -0.15) is 13.2 Å². The van der Waals surface area contributed by atoms with Crippen LogP contribution in [-0.2, 0) is 29.4 Å². The van der Waals surface area contributed by atoms with E-state index in [2.05, 4.69) is 25.5 Å². The van der Waals surface area contributed by atoms with E-state index >= 15 is 0 Å². The fourth-order valence-electron chi connectivity index (χ4n) is 7.00. The highest BCUT2D eigenvalue weighted by Crippen LogP contribution is 2.59. The van der Waals surface area contributed by atoms with Gasteiger partial charge in [-0.3, -0.25) is 14.4 Å². The monoisotopic (exact) mass is 706 g/mol. The van der Waals surface area contributed by atoms with Crippen molar-refractivity contribution in [2.75, 3.05) is 18.4 Å². The van der Waals surface area contributed by atoms with Crippen LogP contribution in [0.4, 0.5) is 18.9 Å². The molecule has 3 aromatic heterocycles. The number of rotatable bonds is 7. The van der Waals surface area contributed by atoms with Gasteiger partial charge in [0.1, 0.15) is 12.9 Å². The van der Waals surface area contributed by atoms with Crippen molar-refractivity contribution in [3.05, 3.63) is 98.3 Å². The van der Waals surface area contributed by atoms with E-state index in [-0.39, 0.29) is 56.9 Å². The number of aromatic nitrogens is 6. The number of likely N-dealkylation sites (tertiary alicyclic amines) is 1. The SMILES string of the molecule is CCc1c(C23CCN(C(=O)c4ncnc(C)c4O)CC2C3)c(=O)c2nn(-c3ccccc3)nc2n1CC(=O)Nc1ccc(C(F)(F)F)cc1Cl. The molecule has 16 heteroatoms. The number of carbonyl (C=O) groups is 2. The van der Waals surface area contributed by atoms with Crippen molar-refractivity contribution in [2.24, 2.45) is 5.92 Å². The van der Waals surface area contributed by atoms with Crippen LogP contribution in [0.3, 0.4) is 0 Å². The lowest BCUT2D eigenvalue weighted by Gasteiger charge is -2.33. The van der Waals surface area contributed by atoms with Gasteiger partial charge < -0.3 is 19.9 Å². The summed E-state index contributed by atoms with van der Waals surface area (Å²) in [5.41, 5.74) is 0.238. The fraction of sp³-hybridized carbons (Fsp3) is 0.324. The van der Waals surface area contributed by atoms with E-state index < -0.39 is 29.0 Å². The summed E-state index contributed by atoms with van der Waals surface area (Å²) >= 11 is 6.13. The zero-order valence-corrected chi connectivity index (χ0v) is 27.6. The summed E-state index contributed by atoms with van der Waals surface area (Å²) in [5, 5.41) is 21.9. The number of aromatic hydroxyl groups is 1. The number of hydrogen-bond donors (Lipinski definition) is 2. The van der Waals surface area contributed by atoms with Gasteiger partial charge in [0.05, 0.1) is 27.7 Å². The second kappa shape index (κ2) is 12.2. The number of nitrogens with zero attached hydrogens (tertiary/aromatic N) is 7. The highest BCUT2D eigenvalue weighted by molar-refractivity contribution is 6.33. The molecule has 2 N–H and O–H groups in total. The standard InChI is InChI=1S/C34H30ClF3N8O4/c1-3-24-26(33-11-12-44(15-20(33)14-33)32(50)28-29(48)18(2)39-17-40-28)30(49)27-31(43-46(42-27)21-7-5-4-6-8-21)45(24)16-25(47)41-23-10-9-19(13-22(23)35)34(36,37)38/h4-10,13,17,20,48H,3,11-12,14-16H2,1-2H3,(H,41,47). The van der Waals surface area contributed by atoms with Crippen LogP contribution in [0.15, 0.2) is 59.7 Å². The van der Waals surface area contributed by atoms with Gasteiger partial charge in [0.15, 0.2) is 22.6 Å². The Labute approximate surface area is 287 Å². The molecule has 2 fully saturated rings. The van der Waals surface area contributed by atoms with Crippen molar-refractivity contribution in [1.82, 2.24) is 34.4 Å². The maximum Gasteiger partial charge on any atom is 0.416 e. The number of alkyl halides is 3. The quantitative estimate of drug-likeness (QED) is 0.239. The molecule has 0 bridgehead atoms. The van der Waals surface area contributed by atoms with Gasteiger partial charge in [0.25, 0.3) is 5.91 Å². The minimum Gasteiger partial charge on any atom is -0.504 e. The number of aryl methyl sites for hydroxylation is 1. The van der Waals surface area contributed by atoms with Crippen LogP contribution < -0.4 is 10.7 Å². The van der Waals surface area contributed by atoms with Gasteiger partial charge in [0, 0.05) is 29.8 Å². The smallest absolute Gasteiger partial charge is 0.416 e. The summed E-state index contributed by atoms with van der Waals surface area (Å²) in [6, 6.07) is 11.6. The third kappa shape index (κ3) is 5.64. The molecule has 2 aromatic carbocycles. The number of para-hydroxylation sites is 1. The maximum atomic E-state index is 14.4. The molecule has 2 aliphatic rings. The first-order valence-corrected chi connectivity index (χ1v) is 16.2.